The maximum Gasteiger partial charge on any atom is 0.227 e. The highest BCUT2D eigenvalue weighted by Crippen LogP contribution is 2.27. The number of benzene rings is 3. The number of carbonyl (C=O) groups is 1. The summed E-state index contributed by atoms with van der Waals surface area (Å²) in [5.74, 6) is 0.522. The van der Waals surface area contributed by atoms with E-state index in [-0.39, 0.29) is 18.1 Å². The van der Waals surface area contributed by atoms with Crippen LogP contribution in [-0.2, 0) is 37.3 Å². The van der Waals surface area contributed by atoms with E-state index in [1.807, 2.05) is 11.0 Å². The summed E-state index contributed by atoms with van der Waals surface area (Å²) in [7, 11) is 0. The van der Waals surface area contributed by atoms with Gasteiger partial charge in [-0.1, -0.05) is 42.5 Å². The van der Waals surface area contributed by atoms with Crippen LogP contribution in [0, 0.1) is 5.82 Å². The standard InChI is InChI=1S/C27H27FN2O2/c28-25-7-3-4-20(15-25)16-27(31)30-12-13-32-26-9-8-21(14-24(26)19-30)17-29-11-10-22-5-1-2-6-23(22)18-29/h1-9,14-15H,10-13,16-19H2. The highest BCUT2D eigenvalue weighted by Gasteiger charge is 2.21. The summed E-state index contributed by atoms with van der Waals surface area (Å²) in [5.41, 5.74) is 5.81. The predicted octanol–water partition coefficient (Wildman–Crippen LogP) is 4.35. The summed E-state index contributed by atoms with van der Waals surface area (Å²) in [6.45, 7) is 4.38. The minimum atomic E-state index is -0.315. The first-order valence-corrected chi connectivity index (χ1v) is 11.2. The lowest BCUT2D eigenvalue weighted by atomic mass is 9.99. The summed E-state index contributed by atoms with van der Waals surface area (Å²) in [6, 6.07) is 21.2. The number of fused-ring (bicyclic) bond motifs is 2. The van der Waals surface area contributed by atoms with Gasteiger partial charge in [0.25, 0.3) is 0 Å². The predicted molar refractivity (Wildman–Crippen MR) is 122 cm³/mol. The van der Waals surface area contributed by atoms with Gasteiger partial charge in [-0.2, -0.15) is 0 Å². The highest BCUT2D eigenvalue weighted by molar-refractivity contribution is 5.79. The van der Waals surface area contributed by atoms with Crippen LogP contribution in [0.15, 0.2) is 66.7 Å². The van der Waals surface area contributed by atoms with E-state index in [2.05, 4.69) is 41.3 Å². The van der Waals surface area contributed by atoms with Gasteiger partial charge in [0.15, 0.2) is 0 Å². The summed E-state index contributed by atoms with van der Waals surface area (Å²) in [6.07, 6.45) is 1.27. The van der Waals surface area contributed by atoms with Gasteiger partial charge in [0.2, 0.25) is 5.91 Å². The third-order valence-electron chi connectivity index (χ3n) is 6.32. The van der Waals surface area contributed by atoms with Crippen LogP contribution >= 0.6 is 0 Å². The molecule has 0 spiro atoms. The number of halogens is 1. The molecule has 1 amide bonds. The fourth-order valence-corrected chi connectivity index (χ4v) is 4.64. The molecule has 0 aromatic heterocycles. The van der Waals surface area contributed by atoms with Crippen LogP contribution < -0.4 is 4.74 Å². The summed E-state index contributed by atoms with van der Waals surface area (Å²) < 4.78 is 19.4. The van der Waals surface area contributed by atoms with Crippen molar-refractivity contribution in [2.45, 2.75) is 32.5 Å². The maximum atomic E-state index is 13.5. The van der Waals surface area contributed by atoms with Gasteiger partial charge in [-0.05, 0) is 52.9 Å². The molecule has 0 unspecified atom stereocenters. The SMILES string of the molecule is O=C(Cc1cccc(F)c1)N1CCOc2ccc(CN3CCc4ccccc4C3)cc2C1. The molecule has 0 N–H and O–H groups in total. The van der Waals surface area contributed by atoms with E-state index in [9.17, 15) is 9.18 Å². The quantitative estimate of drug-likeness (QED) is 0.617. The number of amides is 1. The second-order valence-electron chi connectivity index (χ2n) is 8.64. The molecular formula is C27H27FN2O2. The molecule has 3 aromatic rings. The van der Waals surface area contributed by atoms with E-state index in [1.165, 1.54) is 28.8 Å². The number of rotatable bonds is 4. The Balaban J connectivity index is 1.28. The number of carbonyl (C=O) groups excluding carboxylic acids is 1. The van der Waals surface area contributed by atoms with Crippen molar-refractivity contribution in [2.75, 3.05) is 19.7 Å². The molecule has 5 heteroatoms. The lowest BCUT2D eigenvalue weighted by molar-refractivity contribution is -0.131. The van der Waals surface area contributed by atoms with Crippen molar-refractivity contribution in [1.82, 2.24) is 9.80 Å². The Morgan fingerprint density at radius 1 is 0.875 bits per heavy atom. The molecule has 32 heavy (non-hydrogen) atoms. The number of hydrogen-bond donors (Lipinski definition) is 0. The Hall–Kier alpha value is -3.18. The zero-order valence-corrected chi connectivity index (χ0v) is 18.1. The van der Waals surface area contributed by atoms with Crippen LogP contribution in [0.25, 0.3) is 0 Å². The Bertz CT molecular complexity index is 1130. The normalized spacial score (nSPS) is 16.0. The van der Waals surface area contributed by atoms with Crippen LogP contribution in [0.5, 0.6) is 5.75 Å². The minimum absolute atomic E-state index is 0.00918. The number of hydrogen-bond acceptors (Lipinski definition) is 3. The van der Waals surface area contributed by atoms with Gasteiger partial charge in [-0.25, -0.2) is 4.39 Å². The Kier molecular flexibility index (Phi) is 5.91. The average Bonchev–Trinajstić information content (AvgIpc) is 3.01. The molecule has 4 nitrogen and oxygen atoms in total. The zero-order chi connectivity index (χ0) is 21.9. The molecule has 2 aliphatic heterocycles. The van der Waals surface area contributed by atoms with Crippen LogP contribution in [0.4, 0.5) is 4.39 Å². The van der Waals surface area contributed by atoms with E-state index in [4.69, 9.17) is 4.74 Å². The van der Waals surface area contributed by atoms with E-state index in [0.29, 0.717) is 25.3 Å². The fraction of sp³-hybridized carbons (Fsp3) is 0.296. The molecule has 2 aliphatic rings. The lowest BCUT2D eigenvalue weighted by Crippen LogP contribution is -2.33. The molecule has 0 bridgehead atoms. The fourth-order valence-electron chi connectivity index (χ4n) is 4.64. The van der Waals surface area contributed by atoms with Gasteiger partial charge in [0.05, 0.1) is 13.0 Å². The molecule has 164 valence electrons. The maximum absolute atomic E-state index is 13.5. The molecule has 0 saturated carbocycles. The first kappa shape index (κ1) is 20.7. The van der Waals surface area contributed by atoms with Gasteiger partial charge < -0.3 is 9.64 Å². The van der Waals surface area contributed by atoms with Crippen LogP contribution in [0.3, 0.4) is 0 Å². The summed E-state index contributed by atoms with van der Waals surface area (Å²) in [5, 5.41) is 0. The summed E-state index contributed by atoms with van der Waals surface area (Å²) >= 11 is 0. The van der Waals surface area contributed by atoms with Crippen molar-refractivity contribution in [3.8, 4) is 5.75 Å². The Morgan fingerprint density at radius 3 is 2.62 bits per heavy atom. The molecule has 5 rings (SSSR count). The third kappa shape index (κ3) is 4.68. The molecule has 0 atom stereocenters. The van der Waals surface area contributed by atoms with Crippen molar-refractivity contribution in [1.29, 1.82) is 0 Å². The van der Waals surface area contributed by atoms with Crippen LogP contribution in [-0.4, -0.2) is 35.4 Å². The van der Waals surface area contributed by atoms with Gasteiger partial charge in [-0.15, -0.1) is 0 Å². The first-order chi connectivity index (χ1) is 15.6. The smallest absolute Gasteiger partial charge is 0.227 e. The number of ether oxygens (including phenoxy) is 1. The highest BCUT2D eigenvalue weighted by atomic mass is 19.1. The second kappa shape index (κ2) is 9.13. The Labute approximate surface area is 188 Å². The van der Waals surface area contributed by atoms with Crippen LogP contribution in [0.2, 0.25) is 0 Å². The van der Waals surface area contributed by atoms with Gasteiger partial charge >= 0.3 is 0 Å². The minimum Gasteiger partial charge on any atom is -0.491 e. The second-order valence-corrected chi connectivity index (χ2v) is 8.64. The van der Waals surface area contributed by atoms with Crippen molar-refractivity contribution >= 4 is 5.91 Å². The number of nitrogens with zero attached hydrogens (tertiary/aromatic N) is 2. The molecule has 3 aromatic carbocycles. The van der Waals surface area contributed by atoms with Crippen molar-refractivity contribution in [2.24, 2.45) is 0 Å². The van der Waals surface area contributed by atoms with Crippen molar-refractivity contribution < 1.29 is 13.9 Å². The monoisotopic (exact) mass is 430 g/mol. The molecule has 0 aliphatic carbocycles. The topological polar surface area (TPSA) is 32.8 Å². The van der Waals surface area contributed by atoms with Gasteiger partial charge in [-0.3, -0.25) is 9.69 Å². The van der Waals surface area contributed by atoms with E-state index < -0.39 is 0 Å². The summed E-state index contributed by atoms with van der Waals surface area (Å²) in [4.78, 5) is 17.2. The van der Waals surface area contributed by atoms with E-state index in [1.54, 1.807) is 12.1 Å². The van der Waals surface area contributed by atoms with Gasteiger partial charge in [0.1, 0.15) is 18.2 Å². The Morgan fingerprint density at radius 2 is 1.75 bits per heavy atom. The molecule has 0 saturated heterocycles. The lowest BCUT2D eigenvalue weighted by Gasteiger charge is -2.29. The molecule has 0 fully saturated rings. The van der Waals surface area contributed by atoms with Crippen molar-refractivity contribution in [3.05, 3.63) is 100 Å². The van der Waals surface area contributed by atoms with Crippen molar-refractivity contribution in [3.63, 3.8) is 0 Å². The van der Waals surface area contributed by atoms with E-state index >= 15 is 0 Å². The molecular weight excluding hydrogens is 403 g/mol. The third-order valence-corrected chi connectivity index (χ3v) is 6.32. The molecule has 2 heterocycles. The molecule has 0 radical (unpaired) electrons. The average molecular weight is 431 g/mol. The first-order valence-electron chi connectivity index (χ1n) is 11.2. The largest absolute Gasteiger partial charge is 0.491 e. The van der Waals surface area contributed by atoms with Crippen LogP contribution in [0.1, 0.15) is 27.8 Å². The zero-order valence-electron chi connectivity index (χ0n) is 18.1. The van der Waals surface area contributed by atoms with E-state index in [0.717, 1.165) is 37.4 Å². The van der Waals surface area contributed by atoms with Gasteiger partial charge in [0, 0.05) is 31.7 Å².